The van der Waals surface area contributed by atoms with E-state index in [0.29, 0.717) is 25.1 Å². The molecule has 0 aliphatic carbocycles. The van der Waals surface area contributed by atoms with Gasteiger partial charge in [-0.1, -0.05) is 30.3 Å². The Morgan fingerprint density at radius 1 is 0.971 bits per heavy atom. The third kappa shape index (κ3) is 6.78. The molecule has 0 aromatic heterocycles. The largest absolute Gasteiger partial charge is 0.481 e. The summed E-state index contributed by atoms with van der Waals surface area (Å²) >= 11 is 0. The first-order valence-corrected chi connectivity index (χ1v) is 11.6. The second kappa shape index (κ2) is 11.5. The van der Waals surface area contributed by atoms with E-state index in [2.05, 4.69) is 16.0 Å². The van der Waals surface area contributed by atoms with E-state index in [9.17, 15) is 24.0 Å². The van der Waals surface area contributed by atoms with Gasteiger partial charge in [0.15, 0.2) is 0 Å². The third-order valence-electron chi connectivity index (χ3n) is 5.92. The average Bonchev–Trinajstić information content (AvgIpc) is 3.32. The topological polar surface area (TPSA) is 145 Å². The van der Waals surface area contributed by atoms with Crippen molar-refractivity contribution in [2.45, 2.75) is 57.7 Å². The second-order valence-electron chi connectivity index (χ2n) is 8.65. The normalized spacial score (nSPS) is 16.9. The number of hydrogen-bond donors (Lipinski definition) is 4. The molecule has 4 amide bonds. The van der Waals surface area contributed by atoms with E-state index < -0.39 is 35.9 Å². The summed E-state index contributed by atoms with van der Waals surface area (Å²) < 4.78 is 0. The van der Waals surface area contributed by atoms with Crippen LogP contribution in [0, 0.1) is 0 Å². The molecule has 10 nitrogen and oxygen atoms in total. The molecule has 4 N–H and O–H groups in total. The Morgan fingerprint density at radius 3 is 2.40 bits per heavy atom. The van der Waals surface area contributed by atoms with Crippen LogP contribution in [0.15, 0.2) is 42.5 Å². The lowest BCUT2D eigenvalue weighted by Crippen LogP contribution is -2.54. The predicted molar refractivity (Wildman–Crippen MR) is 129 cm³/mol. The van der Waals surface area contributed by atoms with Crippen molar-refractivity contribution in [1.29, 1.82) is 0 Å². The molecule has 1 saturated heterocycles. The summed E-state index contributed by atoms with van der Waals surface area (Å²) in [5.41, 5.74) is 0.641. The number of carbonyl (C=O) groups excluding carboxylic acids is 4. The van der Waals surface area contributed by atoms with Crippen molar-refractivity contribution in [3.05, 3.63) is 42.5 Å². The molecule has 0 saturated carbocycles. The van der Waals surface area contributed by atoms with Crippen molar-refractivity contribution in [1.82, 2.24) is 15.5 Å². The molecule has 0 spiro atoms. The summed E-state index contributed by atoms with van der Waals surface area (Å²) in [6, 6.07) is 10.9. The van der Waals surface area contributed by atoms with Crippen LogP contribution >= 0.6 is 0 Å². The predicted octanol–water partition coefficient (Wildman–Crippen LogP) is 1.64. The molecule has 0 bridgehead atoms. The van der Waals surface area contributed by atoms with Gasteiger partial charge in [-0.25, -0.2) is 0 Å². The lowest BCUT2D eigenvalue weighted by atomic mass is 10.1. The van der Waals surface area contributed by atoms with Crippen molar-refractivity contribution in [2.75, 3.05) is 11.9 Å². The molecular formula is C25H30N4O6. The lowest BCUT2D eigenvalue weighted by Gasteiger charge is -2.27. The summed E-state index contributed by atoms with van der Waals surface area (Å²) in [6.07, 6.45) is 0.593. The average molecular weight is 483 g/mol. The van der Waals surface area contributed by atoms with Crippen LogP contribution in [-0.2, 0) is 24.0 Å². The number of carboxylic acid groups (broad SMARTS) is 1. The first-order valence-electron chi connectivity index (χ1n) is 11.6. The molecule has 0 radical (unpaired) electrons. The molecule has 0 unspecified atom stereocenters. The quantitative estimate of drug-likeness (QED) is 0.428. The maximum absolute atomic E-state index is 13.0. The Labute approximate surface area is 203 Å². The highest BCUT2D eigenvalue weighted by molar-refractivity contribution is 6.00. The Balaban J connectivity index is 1.56. The molecular weight excluding hydrogens is 452 g/mol. The number of carbonyl (C=O) groups is 5. The number of aliphatic carboxylic acids is 1. The van der Waals surface area contributed by atoms with Crippen LogP contribution in [0.3, 0.4) is 0 Å². The van der Waals surface area contributed by atoms with Gasteiger partial charge in [-0.2, -0.15) is 0 Å². The molecule has 2 aromatic rings. The second-order valence-corrected chi connectivity index (χ2v) is 8.65. The standard InChI is InChI=1S/C25H30N4O6/c1-15(26-21(30)11-12-22(31)32)23(33)27-16(2)25(35)29-13-5-8-20(29)24(34)28-19-10-9-17-6-3-4-7-18(17)14-19/h3-4,6-7,9-10,14-16,20H,5,8,11-13H2,1-2H3,(H,26,30)(H,27,33)(H,28,34)(H,31,32)/t15-,16-,20-/m0/s1. The first-order chi connectivity index (χ1) is 16.7. The van der Waals surface area contributed by atoms with Crippen LogP contribution in [0.1, 0.15) is 39.5 Å². The van der Waals surface area contributed by atoms with Gasteiger partial charge in [-0.15, -0.1) is 0 Å². The maximum Gasteiger partial charge on any atom is 0.303 e. The van der Waals surface area contributed by atoms with Gasteiger partial charge in [0.2, 0.25) is 23.6 Å². The van der Waals surface area contributed by atoms with Crippen molar-refractivity contribution >= 4 is 46.1 Å². The number of fused-ring (bicyclic) bond motifs is 1. The molecule has 1 aliphatic heterocycles. The monoisotopic (exact) mass is 482 g/mol. The number of likely N-dealkylation sites (tertiary alicyclic amines) is 1. The van der Waals surface area contributed by atoms with Gasteiger partial charge < -0.3 is 26.0 Å². The van der Waals surface area contributed by atoms with Gasteiger partial charge >= 0.3 is 5.97 Å². The summed E-state index contributed by atoms with van der Waals surface area (Å²) in [7, 11) is 0. The zero-order chi connectivity index (χ0) is 25.5. The van der Waals surface area contributed by atoms with Crippen LogP contribution in [-0.4, -0.2) is 64.3 Å². The minimum absolute atomic E-state index is 0.247. The van der Waals surface area contributed by atoms with Crippen molar-refractivity contribution < 1.29 is 29.1 Å². The van der Waals surface area contributed by atoms with E-state index in [1.807, 2.05) is 42.5 Å². The van der Waals surface area contributed by atoms with E-state index >= 15 is 0 Å². The van der Waals surface area contributed by atoms with Crippen molar-refractivity contribution in [3.63, 3.8) is 0 Å². The molecule has 186 valence electrons. The van der Waals surface area contributed by atoms with Crippen molar-refractivity contribution in [3.8, 4) is 0 Å². The number of amides is 4. The number of benzene rings is 2. The van der Waals surface area contributed by atoms with Gasteiger partial charge in [0.05, 0.1) is 6.42 Å². The van der Waals surface area contributed by atoms with E-state index in [1.165, 1.54) is 18.7 Å². The van der Waals surface area contributed by atoms with Crippen molar-refractivity contribution in [2.24, 2.45) is 0 Å². The van der Waals surface area contributed by atoms with E-state index in [1.54, 1.807) is 0 Å². The van der Waals surface area contributed by atoms with E-state index in [4.69, 9.17) is 5.11 Å². The Morgan fingerprint density at radius 2 is 1.69 bits per heavy atom. The van der Waals surface area contributed by atoms with Gasteiger partial charge in [-0.3, -0.25) is 24.0 Å². The number of nitrogens with zero attached hydrogens (tertiary/aromatic N) is 1. The van der Waals surface area contributed by atoms with Crippen LogP contribution < -0.4 is 16.0 Å². The highest BCUT2D eigenvalue weighted by atomic mass is 16.4. The number of nitrogens with one attached hydrogen (secondary N) is 3. The number of carboxylic acids is 1. The fourth-order valence-electron chi connectivity index (χ4n) is 4.04. The highest BCUT2D eigenvalue weighted by Crippen LogP contribution is 2.23. The smallest absolute Gasteiger partial charge is 0.303 e. The Kier molecular flexibility index (Phi) is 8.40. The highest BCUT2D eigenvalue weighted by Gasteiger charge is 2.36. The van der Waals surface area contributed by atoms with Crippen LogP contribution in [0.2, 0.25) is 0 Å². The number of rotatable bonds is 9. The SMILES string of the molecule is C[C@H](NC(=O)CCC(=O)O)C(=O)N[C@@H](C)C(=O)N1CCC[C@H]1C(=O)Nc1ccc2ccccc2c1. The Bertz CT molecular complexity index is 1130. The molecule has 10 heteroatoms. The van der Waals surface area contributed by atoms with Gasteiger partial charge in [-0.05, 0) is 49.6 Å². The molecule has 3 atom stereocenters. The fourth-order valence-corrected chi connectivity index (χ4v) is 4.04. The Hall–Kier alpha value is -3.95. The number of anilines is 1. The fraction of sp³-hybridized carbons (Fsp3) is 0.400. The summed E-state index contributed by atoms with van der Waals surface area (Å²) in [5, 5.41) is 18.6. The maximum atomic E-state index is 13.0. The van der Waals surface area contributed by atoms with Gasteiger partial charge in [0.1, 0.15) is 18.1 Å². The lowest BCUT2D eigenvalue weighted by molar-refractivity contribution is -0.140. The molecule has 3 rings (SSSR count). The molecule has 1 aliphatic rings. The van der Waals surface area contributed by atoms with E-state index in [0.717, 1.165) is 10.8 Å². The minimum atomic E-state index is -1.11. The summed E-state index contributed by atoms with van der Waals surface area (Å²) in [4.78, 5) is 62.2. The van der Waals surface area contributed by atoms with Crippen LogP contribution in [0.25, 0.3) is 10.8 Å². The molecule has 35 heavy (non-hydrogen) atoms. The van der Waals surface area contributed by atoms with Crippen LogP contribution in [0.5, 0.6) is 0 Å². The van der Waals surface area contributed by atoms with E-state index in [-0.39, 0.29) is 24.7 Å². The van der Waals surface area contributed by atoms with Gasteiger partial charge in [0, 0.05) is 18.7 Å². The zero-order valence-corrected chi connectivity index (χ0v) is 19.7. The van der Waals surface area contributed by atoms with Crippen LogP contribution in [0.4, 0.5) is 5.69 Å². The molecule has 1 fully saturated rings. The molecule has 2 aromatic carbocycles. The zero-order valence-electron chi connectivity index (χ0n) is 19.7. The third-order valence-corrected chi connectivity index (χ3v) is 5.92. The summed E-state index contributed by atoms with van der Waals surface area (Å²) in [5.74, 6) is -2.94. The summed E-state index contributed by atoms with van der Waals surface area (Å²) in [6.45, 7) is 3.37. The van der Waals surface area contributed by atoms with Gasteiger partial charge in [0.25, 0.3) is 0 Å². The first kappa shape index (κ1) is 25.7. The minimum Gasteiger partial charge on any atom is -0.481 e. The molecule has 1 heterocycles. The number of hydrogen-bond acceptors (Lipinski definition) is 5.